The van der Waals surface area contributed by atoms with Crippen LogP contribution in [-0.4, -0.2) is 33.5 Å². The Kier molecular flexibility index (Phi) is 6.99. The van der Waals surface area contributed by atoms with E-state index in [9.17, 15) is 4.79 Å². The van der Waals surface area contributed by atoms with E-state index in [0.29, 0.717) is 32.5 Å². The van der Waals surface area contributed by atoms with E-state index < -0.39 is 0 Å². The Morgan fingerprint density at radius 2 is 1.78 bits per heavy atom. The van der Waals surface area contributed by atoms with Crippen LogP contribution in [0, 0.1) is 0 Å². The Hall–Kier alpha value is -3.00. The molecule has 3 aromatic carbocycles. The van der Waals surface area contributed by atoms with E-state index in [-0.39, 0.29) is 11.7 Å². The van der Waals surface area contributed by atoms with Crippen molar-refractivity contribution in [3.63, 3.8) is 0 Å². The molecule has 0 radical (unpaired) electrons. The average Bonchev–Trinajstić information content (AvgIpc) is 3.24. The second kappa shape index (κ2) is 10.1. The second-order valence-corrected chi connectivity index (χ2v) is 8.42. The van der Waals surface area contributed by atoms with Gasteiger partial charge in [0.2, 0.25) is 5.91 Å². The van der Waals surface area contributed by atoms with Gasteiger partial charge in [0.25, 0.3) is 0 Å². The minimum Gasteiger partial charge on any atom is -0.496 e. The molecule has 0 saturated heterocycles. The minimum absolute atomic E-state index is 0.111. The van der Waals surface area contributed by atoms with Crippen LogP contribution in [0.4, 0.5) is 5.69 Å². The number of hydrogen-bond donors (Lipinski definition) is 1. The summed E-state index contributed by atoms with van der Waals surface area (Å²) in [4.78, 5) is 12.6. The summed E-state index contributed by atoms with van der Waals surface area (Å²) in [6.07, 6.45) is 0. The highest BCUT2D eigenvalue weighted by atomic mass is 35.5. The lowest BCUT2D eigenvalue weighted by Crippen LogP contribution is -2.15. The van der Waals surface area contributed by atoms with Crippen molar-refractivity contribution in [1.82, 2.24) is 14.8 Å². The summed E-state index contributed by atoms with van der Waals surface area (Å²) in [5.41, 5.74) is 2.14. The number of benzene rings is 3. The normalized spacial score (nSPS) is 10.7. The van der Waals surface area contributed by atoms with E-state index >= 15 is 0 Å². The summed E-state index contributed by atoms with van der Waals surface area (Å²) in [5.74, 6) is 1.18. The first-order chi connectivity index (χ1) is 15.6. The smallest absolute Gasteiger partial charge is 0.234 e. The summed E-state index contributed by atoms with van der Waals surface area (Å²) in [5, 5.41) is 13.0. The fourth-order valence-electron chi connectivity index (χ4n) is 3.09. The lowest BCUT2D eigenvalue weighted by molar-refractivity contribution is -0.113. The summed E-state index contributed by atoms with van der Waals surface area (Å²) in [6.45, 7) is 0. The van der Waals surface area contributed by atoms with Gasteiger partial charge >= 0.3 is 0 Å². The van der Waals surface area contributed by atoms with E-state index in [1.54, 1.807) is 25.3 Å². The summed E-state index contributed by atoms with van der Waals surface area (Å²) < 4.78 is 7.41. The zero-order valence-corrected chi connectivity index (χ0v) is 19.3. The molecular weight excluding hydrogens is 467 g/mol. The number of hydrogen-bond acceptors (Lipinski definition) is 5. The van der Waals surface area contributed by atoms with E-state index in [0.717, 1.165) is 11.3 Å². The first kappa shape index (κ1) is 22.2. The second-order valence-electron chi connectivity index (χ2n) is 6.64. The third-order valence-electron chi connectivity index (χ3n) is 4.53. The predicted octanol–water partition coefficient (Wildman–Crippen LogP) is 5.98. The Labute approximate surface area is 199 Å². The molecular formula is C23H18Cl2N4O2S. The molecule has 0 aliphatic heterocycles. The highest BCUT2D eigenvalue weighted by molar-refractivity contribution is 7.99. The van der Waals surface area contributed by atoms with Crippen molar-refractivity contribution in [2.45, 2.75) is 5.16 Å². The Bertz CT molecular complexity index is 1250. The van der Waals surface area contributed by atoms with Gasteiger partial charge in [-0.3, -0.25) is 9.36 Å². The third-order valence-corrected chi connectivity index (χ3v) is 6.02. The monoisotopic (exact) mass is 484 g/mol. The van der Waals surface area contributed by atoms with Gasteiger partial charge in [-0.2, -0.15) is 0 Å². The molecule has 0 bridgehead atoms. The van der Waals surface area contributed by atoms with Gasteiger partial charge in [0.15, 0.2) is 11.0 Å². The quantitative estimate of drug-likeness (QED) is 0.326. The van der Waals surface area contributed by atoms with Crippen LogP contribution in [0.25, 0.3) is 17.1 Å². The van der Waals surface area contributed by atoms with Crippen LogP contribution in [0.2, 0.25) is 10.0 Å². The number of ether oxygens (including phenoxy) is 1. The number of rotatable bonds is 7. The number of para-hydroxylation sites is 2. The predicted molar refractivity (Wildman–Crippen MR) is 129 cm³/mol. The molecule has 6 nitrogen and oxygen atoms in total. The van der Waals surface area contributed by atoms with Gasteiger partial charge in [-0.25, -0.2) is 0 Å². The van der Waals surface area contributed by atoms with Crippen LogP contribution in [0.1, 0.15) is 0 Å². The lowest BCUT2D eigenvalue weighted by atomic mass is 10.2. The van der Waals surface area contributed by atoms with Crippen molar-refractivity contribution >= 4 is 46.6 Å². The van der Waals surface area contributed by atoms with Crippen LogP contribution >= 0.6 is 35.0 Å². The number of carbonyl (C=O) groups excluding carboxylic acids is 1. The van der Waals surface area contributed by atoms with Crippen LogP contribution in [0.3, 0.4) is 0 Å². The molecule has 0 atom stereocenters. The zero-order valence-electron chi connectivity index (χ0n) is 17.0. The highest BCUT2D eigenvalue weighted by Crippen LogP contribution is 2.33. The molecule has 0 aliphatic rings. The number of aromatic nitrogens is 3. The zero-order chi connectivity index (χ0) is 22.5. The van der Waals surface area contributed by atoms with Gasteiger partial charge in [-0.15, -0.1) is 10.2 Å². The van der Waals surface area contributed by atoms with E-state index in [4.69, 9.17) is 27.9 Å². The number of amides is 1. The van der Waals surface area contributed by atoms with Gasteiger partial charge < -0.3 is 10.1 Å². The number of nitrogens with one attached hydrogen (secondary N) is 1. The van der Waals surface area contributed by atoms with E-state index in [1.807, 2.05) is 59.2 Å². The number of carbonyl (C=O) groups is 1. The van der Waals surface area contributed by atoms with Crippen molar-refractivity contribution in [3.05, 3.63) is 82.8 Å². The molecule has 1 N–H and O–H groups in total. The van der Waals surface area contributed by atoms with E-state index in [2.05, 4.69) is 15.5 Å². The molecule has 0 aliphatic carbocycles. The lowest BCUT2D eigenvalue weighted by Gasteiger charge is -2.12. The number of nitrogens with zero attached hydrogens (tertiary/aromatic N) is 3. The largest absolute Gasteiger partial charge is 0.496 e. The van der Waals surface area contributed by atoms with Crippen LogP contribution in [0.5, 0.6) is 5.75 Å². The van der Waals surface area contributed by atoms with Gasteiger partial charge in [0.1, 0.15) is 5.75 Å². The molecule has 9 heteroatoms. The highest BCUT2D eigenvalue weighted by Gasteiger charge is 2.20. The van der Waals surface area contributed by atoms with Crippen LogP contribution in [-0.2, 0) is 4.79 Å². The topological polar surface area (TPSA) is 69.0 Å². The SMILES string of the molecule is COc1ccccc1-c1nnc(SCC(=O)Nc2cc(Cl)ccc2Cl)n1-c1ccccc1. The molecule has 4 rings (SSSR count). The molecule has 0 fully saturated rings. The third kappa shape index (κ3) is 4.91. The van der Waals surface area contributed by atoms with Crippen molar-refractivity contribution in [3.8, 4) is 22.8 Å². The molecule has 1 aromatic heterocycles. The Morgan fingerprint density at radius 3 is 2.56 bits per heavy atom. The maximum Gasteiger partial charge on any atom is 0.234 e. The molecule has 162 valence electrons. The standard InChI is InChI=1S/C23H18Cl2N4O2S/c1-31-20-10-6-5-9-17(20)22-27-28-23(29(22)16-7-3-2-4-8-16)32-14-21(30)26-19-13-15(24)11-12-18(19)25/h2-13H,14H2,1H3,(H,26,30). The number of methoxy groups -OCH3 is 1. The van der Waals surface area contributed by atoms with Gasteiger partial charge in [0.05, 0.1) is 29.1 Å². The molecule has 4 aromatic rings. The van der Waals surface area contributed by atoms with Crippen LogP contribution in [0.15, 0.2) is 78.0 Å². The number of thioether (sulfide) groups is 1. The first-order valence-electron chi connectivity index (χ1n) is 9.58. The fourth-order valence-corrected chi connectivity index (χ4v) is 4.18. The molecule has 32 heavy (non-hydrogen) atoms. The maximum absolute atomic E-state index is 12.6. The summed E-state index contributed by atoms with van der Waals surface area (Å²) in [6, 6.07) is 22.2. The number of halogens is 2. The van der Waals surface area contributed by atoms with Crippen molar-refractivity contribution < 1.29 is 9.53 Å². The van der Waals surface area contributed by atoms with Crippen LogP contribution < -0.4 is 10.1 Å². The van der Waals surface area contributed by atoms with Gasteiger partial charge in [-0.05, 0) is 42.5 Å². The molecule has 1 heterocycles. The van der Waals surface area contributed by atoms with E-state index in [1.165, 1.54) is 11.8 Å². The average molecular weight is 485 g/mol. The Balaban J connectivity index is 1.62. The summed E-state index contributed by atoms with van der Waals surface area (Å²) in [7, 11) is 1.61. The van der Waals surface area contributed by atoms with Crippen molar-refractivity contribution in [1.29, 1.82) is 0 Å². The molecule has 0 unspecified atom stereocenters. The minimum atomic E-state index is -0.236. The number of anilines is 1. The fraction of sp³-hybridized carbons (Fsp3) is 0.0870. The molecule has 1 amide bonds. The molecule has 0 spiro atoms. The maximum atomic E-state index is 12.6. The van der Waals surface area contributed by atoms with Gasteiger partial charge in [0, 0.05) is 10.7 Å². The van der Waals surface area contributed by atoms with Crippen molar-refractivity contribution in [2.75, 3.05) is 18.2 Å². The van der Waals surface area contributed by atoms with Crippen molar-refractivity contribution in [2.24, 2.45) is 0 Å². The van der Waals surface area contributed by atoms with Gasteiger partial charge in [-0.1, -0.05) is 65.3 Å². The Morgan fingerprint density at radius 1 is 1.03 bits per heavy atom. The molecule has 0 saturated carbocycles. The summed E-state index contributed by atoms with van der Waals surface area (Å²) >= 11 is 13.4. The first-order valence-corrected chi connectivity index (χ1v) is 11.3.